The summed E-state index contributed by atoms with van der Waals surface area (Å²) < 4.78 is 25.7. The van der Waals surface area contributed by atoms with Crippen molar-refractivity contribution in [1.82, 2.24) is 4.31 Å². The molecule has 5 nitrogen and oxygen atoms in total. The van der Waals surface area contributed by atoms with Crippen molar-refractivity contribution >= 4 is 10.0 Å². The standard InChI is InChI=1S/C12H18N2O3S/c13-7-10-3-1-2-4-11(10)9-18(16,17)14-6-5-12(15)8-14/h1-4,12,15H,5-9,13H2. The Morgan fingerprint density at radius 3 is 2.56 bits per heavy atom. The molecule has 1 aromatic carbocycles. The fourth-order valence-electron chi connectivity index (χ4n) is 2.15. The highest BCUT2D eigenvalue weighted by molar-refractivity contribution is 7.88. The predicted octanol–water partition coefficient (Wildman–Crippen LogP) is 0.0417. The van der Waals surface area contributed by atoms with E-state index < -0.39 is 16.1 Å². The molecular weight excluding hydrogens is 252 g/mol. The van der Waals surface area contributed by atoms with Crippen LogP contribution in [0.4, 0.5) is 0 Å². The van der Waals surface area contributed by atoms with Gasteiger partial charge in [-0.2, -0.15) is 4.31 Å². The third-order valence-corrected chi connectivity index (χ3v) is 4.99. The molecule has 3 N–H and O–H groups in total. The molecule has 0 spiro atoms. The van der Waals surface area contributed by atoms with Gasteiger partial charge in [0.2, 0.25) is 10.0 Å². The van der Waals surface area contributed by atoms with Crippen molar-refractivity contribution in [2.24, 2.45) is 5.73 Å². The van der Waals surface area contributed by atoms with Crippen LogP contribution >= 0.6 is 0 Å². The molecule has 1 aromatic rings. The summed E-state index contributed by atoms with van der Waals surface area (Å²) in [6.45, 7) is 0.926. The van der Waals surface area contributed by atoms with Gasteiger partial charge < -0.3 is 10.8 Å². The second kappa shape index (κ2) is 5.36. The van der Waals surface area contributed by atoms with Crippen LogP contribution < -0.4 is 5.73 Å². The molecule has 0 bridgehead atoms. The Balaban J connectivity index is 2.17. The SMILES string of the molecule is NCc1ccccc1CS(=O)(=O)N1CCC(O)C1. The number of benzene rings is 1. The Labute approximate surface area is 107 Å². The first-order chi connectivity index (χ1) is 8.53. The summed E-state index contributed by atoms with van der Waals surface area (Å²) in [5, 5.41) is 9.40. The van der Waals surface area contributed by atoms with E-state index >= 15 is 0 Å². The van der Waals surface area contributed by atoms with Crippen LogP contribution in [0.5, 0.6) is 0 Å². The monoisotopic (exact) mass is 270 g/mol. The average molecular weight is 270 g/mol. The number of hydrogen-bond donors (Lipinski definition) is 2. The highest BCUT2D eigenvalue weighted by atomic mass is 32.2. The highest BCUT2D eigenvalue weighted by Gasteiger charge is 2.30. The van der Waals surface area contributed by atoms with Gasteiger partial charge in [-0.25, -0.2) is 8.42 Å². The lowest BCUT2D eigenvalue weighted by Crippen LogP contribution is -2.31. The summed E-state index contributed by atoms with van der Waals surface area (Å²) in [5.41, 5.74) is 7.18. The minimum atomic E-state index is -3.36. The van der Waals surface area contributed by atoms with Crippen molar-refractivity contribution < 1.29 is 13.5 Å². The molecule has 1 heterocycles. The highest BCUT2D eigenvalue weighted by Crippen LogP contribution is 2.19. The molecule has 1 aliphatic rings. The van der Waals surface area contributed by atoms with Crippen molar-refractivity contribution in [2.75, 3.05) is 13.1 Å². The summed E-state index contributed by atoms with van der Waals surface area (Å²) in [5.74, 6) is -0.0485. The van der Waals surface area contributed by atoms with Crippen molar-refractivity contribution in [2.45, 2.75) is 24.8 Å². The molecule has 1 unspecified atom stereocenters. The minimum Gasteiger partial charge on any atom is -0.392 e. The fraction of sp³-hybridized carbons (Fsp3) is 0.500. The van der Waals surface area contributed by atoms with Gasteiger partial charge in [0.25, 0.3) is 0 Å². The van der Waals surface area contributed by atoms with Crippen molar-refractivity contribution in [1.29, 1.82) is 0 Å². The Kier molecular flexibility index (Phi) is 4.01. The van der Waals surface area contributed by atoms with E-state index in [1.807, 2.05) is 18.2 Å². The summed E-state index contributed by atoms with van der Waals surface area (Å²) >= 11 is 0. The van der Waals surface area contributed by atoms with Crippen LogP contribution in [0.2, 0.25) is 0 Å². The average Bonchev–Trinajstić information content (AvgIpc) is 2.77. The second-order valence-electron chi connectivity index (χ2n) is 4.53. The van der Waals surface area contributed by atoms with Gasteiger partial charge in [0.05, 0.1) is 11.9 Å². The Morgan fingerprint density at radius 2 is 2.00 bits per heavy atom. The largest absolute Gasteiger partial charge is 0.392 e. The minimum absolute atomic E-state index is 0.0485. The first-order valence-electron chi connectivity index (χ1n) is 5.95. The molecule has 1 saturated heterocycles. The van der Waals surface area contributed by atoms with E-state index in [2.05, 4.69) is 0 Å². The molecule has 100 valence electrons. The van der Waals surface area contributed by atoms with E-state index in [-0.39, 0.29) is 12.3 Å². The van der Waals surface area contributed by atoms with E-state index in [0.717, 1.165) is 11.1 Å². The number of nitrogens with zero attached hydrogens (tertiary/aromatic N) is 1. The molecule has 6 heteroatoms. The van der Waals surface area contributed by atoms with E-state index in [9.17, 15) is 13.5 Å². The molecule has 0 radical (unpaired) electrons. The van der Waals surface area contributed by atoms with Crippen LogP contribution in [0, 0.1) is 0 Å². The number of aliphatic hydroxyl groups is 1. The smallest absolute Gasteiger partial charge is 0.218 e. The third-order valence-electron chi connectivity index (χ3n) is 3.20. The van der Waals surface area contributed by atoms with E-state index in [1.165, 1.54) is 4.31 Å². The van der Waals surface area contributed by atoms with Gasteiger partial charge in [0.1, 0.15) is 0 Å². The van der Waals surface area contributed by atoms with Gasteiger partial charge >= 0.3 is 0 Å². The van der Waals surface area contributed by atoms with Gasteiger partial charge in [-0.3, -0.25) is 0 Å². The lowest BCUT2D eigenvalue weighted by molar-refractivity contribution is 0.189. The second-order valence-corrected chi connectivity index (χ2v) is 6.50. The molecule has 1 aliphatic heterocycles. The zero-order valence-electron chi connectivity index (χ0n) is 10.1. The summed E-state index contributed by atoms with van der Waals surface area (Å²) in [6, 6.07) is 7.27. The van der Waals surface area contributed by atoms with E-state index in [4.69, 9.17) is 5.73 Å². The number of aliphatic hydroxyl groups excluding tert-OH is 1. The topological polar surface area (TPSA) is 83.6 Å². The molecule has 0 amide bonds. The molecule has 1 atom stereocenters. The van der Waals surface area contributed by atoms with Gasteiger partial charge in [-0.05, 0) is 17.5 Å². The van der Waals surface area contributed by atoms with Gasteiger partial charge in [-0.15, -0.1) is 0 Å². The van der Waals surface area contributed by atoms with E-state index in [0.29, 0.717) is 19.5 Å². The zero-order valence-corrected chi connectivity index (χ0v) is 10.9. The molecule has 0 saturated carbocycles. The number of nitrogens with two attached hydrogens (primary N) is 1. The van der Waals surface area contributed by atoms with Crippen molar-refractivity contribution in [3.8, 4) is 0 Å². The fourth-order valence-corrected chi connectivity index (χ4v) is 3.79. The van der Waals surface area contributed by atoms with Crippen molar-refractivity contribution in [3.05, 3.63) is 35.4 Å². The van der Waals surface area contributed by atoms with Gasteiger partial charge in [0, 0.05) is 19.6 Å². The molecule has 0 aromatic heterocycles. The van der Waals surface area contributed by atoms with Crippen molar-refractivity contribution in [3.63, 3.8) is 0 Å². The normalized spacial score (nSPS) is 21.3. The summed E-state index contributed by atoms with van der Waals surface area (Å²) in [4.78, 5) is 0. The zero-order chi connectivity index (χ0) is 13.2. The van der Waals surface area contributed by atoms with Crippen LogP contribution in [0.25, 0.3) is 0 Å². The maximum Gasteiger partial charge on any atom is 0.218 e. The Hall–Kier alpha value is -0.950. The first-order valence-corrected chi connectivity index (χ1v) is 7.56. The summed E-state index contributed by atoms with van der Waals surface area (Å²) in [7, 11) is -3.36. The maximum atomic E-state index is 12.2. The lowest BCUT2D eigenvalue weighted by atomic mass is 10.1. The lowest BCUT2D eigenvalue weighted by Gasteiger charge is -2.16. The van der Waals surface area contributed by atoms with Crippen LogP contribution in [0.1, 0.15) is 17.5 Å². The molecular formula is C12H18N2O3S. The van der Waals surface area contributed by atoms with Crippen LogP contribution in [-0.2, 0) is 22.3 Å². The number of β-amino-alcohol motifs (C(OH)–C–C–N with tert-alkyl or cyclic N) is 1. The van der Waals surface area contributed by atoms with Gasteiger partial charge in [0.15, 0.2) is 0 Å². The first kappa shape index (κ1) is 13.5. The third kappa shape index (κ3) is 2.89. The van der Waals surface area contributed by atoms with Crippen LogP contribution in [0.15, 0.2) is 24.3 Å². The molecule has 1 fully saturated rings. The maximum absolute atomic E-state index is 12.2. The Morgan fingerprint density at radius 1 is 1.33 bits per heavy atom. The Bertz CT molecular complexity index is 516. The quantitative estimate of drug-likeness (QED) is 0.809. The van der Waals surface area contributed by atoms with Gasteiger partial charge in [-0.1, -0.05) is 24.3 Å². The van der Waals surface area contributed by atoms with E-state index in [1.54, 1.807) is 6.07 Å². The number of sulfonamides is 1. The predicted molar refractivity (Wildman–Crippen MR) is 69.2 cm³/mol. The summed E-state index contributed by atoms with van der Waals surface area (Å²) in [6.07, 6.45) is -0.0258. The van der Waals surface area contributed by atoms with Crippen LogP contribution in [0.3, 0.4) is 0 Å². The molecule has 2 rings (SSSR count). The van der Waals surface area contributed by atoms with Crippen LogP contribution in [-0.4, -0.2) is 37.0 Å². The molecule has 18 heavy (non-hydrogen) atoms. The number of hydrogen-bond acceptors (Lipinski definition) is 4. The number of rotatable bonds is 4. The molecule has 0 aliphatic carbocycles.